The summed E-state index contributed by atoms with van der Waals surface area (Å²) >= 11 is 6.28. The summed E-state index contributed by atoms with van der Waals surface area (Å²) in [6.07, 6.45) is 3.65. The third-order valence-electron chi connectivity index (χ3n) is 9.23. The molecule has 1 aliphatic heterocycles. The number of hydrogen-bond donors (Lipinski definition) is 4. The van der Waals surface area contributed by atoms with E-state index in [-0.39, 0.29) is 18.2 Å². The van der Waals surface area contributed by atoms with Crippen molar-refractivity contribution in [1.82, 2.24) is 16.0 Å². The zero-order valence-electron chi connectivity index (χ0n) is 26.9. The molecule has 3 unspecified atom stereocenters. The molecule has 3 amide bonds. The molecule has 2 fully saturated rings. The molecule has 0 aromatic heterocycles. The van der Waals surface area contributed by atoms with E-state index in [9.17, 15) is 28.7 Å². The molecule has 2 aromatic carbocycles. The van der Waals surface area contributed by atoms with Gasteiger partial charge >= 0.3 is 12.1 Å². The predicted octanol–water partition coefficient (Wildman–Crippen LogP) is 6.44. The predicted molar refractivity (Wildman–Crippen MR) is 173 cm³/mol. The molecule has 9 nitrogen and oxygen atoms in total. The Kier molecular flexibility index (Phi) is 11.4. The molecule has 46 heavy (non-hydrogen) atoms. The molecule has 250 valence electrons. The van der Waals surface area contributed by atoms with Gasteiger partial charge in [-0.3, -0.25) is 9.59 Å². The summed E-state index contributed by atoms with van der Waals surface area (Å²) in [4.78, 5) is 52.0. The van der Waals surface area contributed by atoms with Gasteiger partial charge in [0.1, 0.15) is 24.0 Å². The smallest absolute Gasteiger partial charge is 0.408 e. The van der Waals surface area contributed by atoms with E-state index in [4.69, 9.17) is 16.3 Å². The van der Waals surface area contributed by atoms with Crippen LogP contribution >= 0.6 is 11.6 Å². The van der Waals surface area contributed by atoms with Crippen LogP contribution in [0.2, 0.25) is 5.02 Å². The lowest BCUT2D eigenvalue weighted by atomic mass is 9.76. The third-order valence-corrected chi connectivity index (χ3v) is 9.46. The van der Waals surface area contributed by atoms with E-state index in [0.29, 0.717) is 23.4 Å². The minimum atomic E-state index is -1.33. The zero-order valence-corrected chi connectivity index (χ0v) is 27.7. The highest BCUT2D eigenvalue weighted by Gasteiger charge is 2.41. The van der Waals surface area contributed by atoms with Crippen molar-refractivity contribution in [3.05, 3.63) is 70.5 Å². The molecule has 11 heteroatoms. The fourth-order valence-corrected chi connectivity index (χ4v) is 6.97. The Labute approximate surface area is 275 Å². The number of aliphatic carboxylic acids is 1. The van der Waals surface area contributed by atoms with Gasteiger partial charge < -0.3 is 25.8 Å². The van der Waals surface area contributed by atoms with Crippen LogP contribution in [-0.4, -0.2) is 46.6 Å². The third kappa shape index (κ3) is 9.21. The molecular formula is C35H45ClFN3O6. The van der Waals surface area contributed by atoms with Crippen LogP contribution in [0, 0.1) is 17.7 Å². The molecule has 1 aliphatic carbocycles. The van der Waals surface area contributed by atoms with Crippen LogP contribution in [-0.2, 0) is 24.5 Å². The Morgan fingerprint density at radius 2 is 1.74 bits per heavy atom. The summed E-state index contributed by atoms with van der Waals surface area (Å²) in [6.45, 7) is 7.43. The van der Waals surface area contributed by atoms with Gasteiger partial charge in [0.15, 0.2) is 0 Å². The fraction of sp³-hybridized carbons (Fsp3) is 0.543. The van der Waals surface area contributed by atoms with Gasteiger partial charge in [0, 0.05) is 21.9 Å². The van der Waals surface area contributed by atoms with Gasteiger partial charge in [0.25, 0.3) is 0 Å². The normalized spacial score (nSPS) is 20.2. The summed E-state index contributed by atoms with van der Waals surface area (Å²) in [5.41, 5.74) is -0.179. The first kappa shape index (κ1) is 35.2. The van der Waals surface area contributed by atoms with E-state index in [2.05, 4.69) is 16.0 Å². The number of carboxylic acid groups (broad SMARTS) is 1. The number of carbonyl (C=O) groups excluding carboxylic acids is 3. The molecule has 4 rings (SSSR count). The van der Waals surface area contributed by atoms with Gasteiger partial charge in [-0.15, -0.1) is 0 Å². The average Bonchev–Trinajstić information content (AvgIpc) is 3.25. The second-order valence-electron chi connectivity index (χ2n) is 13.9. The summed E-state index contributed by atoms with van der Waals surface area (Å²) in [7, 11) is 0. The monoisotopic (exact) mass is 657 g/mol. The molecular weight excluding hydrogens is 613 g/mol. The van der Waals surface area contributed by atoms with Gasteiger partial charge in [0.05, 0.1) is 0 Å². The van der Waals surface area contributed by atoms with Crippen molar-refractivity contribution in [3.8, 4) is 0 Å². The molecule has 1 heterocycles. The molecule has 2 aromatic rings. The number of alkyl carbamates (subject to hydrolysis) is 1. The molecule has 0 bridgehead atoms. The Hall–Kier alpha value is -3.66. The van der Waals surface area contributed by atoms with Crippen molar-refractivity contribution >= 4 is 35.5 Å². The van der Waals surface area contributed by atoms with E-state index in [1.165, 1.54) is 18.2 Å². The quantitative estimate of drug-likeness (QED) is 0.208. The van der Waals surface area contributed by atoms with Crippen molar-refractivity contribution in [3.63, 3.8) is 0 Å². The number of amides is 3. The summed E-state index contributed by atoms with van der Waals surface area (Å²) in [6, 6.07) is 10.5. The second-order valence-corrected chi connectivity index (χ2v) is 14.4. The minimum absolute atomic E-state index is 0.0770. The van der Waals surface area contributed by atoms with Crippen LogP contribution in [0.3, 0.4) is 0 Å². The van der Waals surface area contributed by atoms with Crippen molar-refractivity contribution < 1.29 is 33.4 Å². The van der Waals surface area contributed by atoms with Gasteiger partial charge in [-0.2, -0.15) is 0 Å². The van der Waals surface area contributed by atoms with E-state index in [0.717, 1.165) is 37.7 Å². The second kappa shape index (κ2) is 14.8. The molecule has 0 spiro atoms. The lowest BCUT2D eigenvalue weighted by Gasteiger charge is -2.35. The molecule has 0 radical (unpaired) electrons. The summed E-state index contributed by atoms with van der Waals surface area (Å²) in [5.74, 6) is -3.11. The maximum atomic E-state index is 14.4. The van der Waals surface area contributed by atoms with E-state index >= 15 is 0 Å². The van der Waals surface area contributed by atoms with Crippen LogP contribution in [0.5, 0.6) is 0 Å². The van der Waals surface area contributed by atoms with E-state index in [1.807, 2.05) is 33.8 Å². The minimum Gasteiger partial charge on any atom is -0.480 e. The molecule has 1 saturated heterocycles. The van der Waals surface area contributed by atoms with Crippen molar-refractivity contribution in [2.45, 2.75) is 108 Å². The Bertz CT molecular complexity index is 1430. The van der Waals surface area contributed by atoms with Crippen molar-refractivity contribution in [2.24, 2.45) is 11.8 Å². The van der Waals surface area contributed by atoms with Gasteiger partial charge in [-0.1, -0.05) is 81.8 Å². The number of nitrogens with one attached hydrogen (secondary N) is 3. The molecule has 4 N–H and O–H groups in total. The first-order valence-corrected chi connectivity index (χ1v) is 16.4. The molecule has 2 aliphatic rings. The highest BCUT2D eigenvalue weighted by Crippen LogP contribution is 2.41. The number of carboxylic acids is 1. The highest BCUT2D eigenvalue weighted by molar-refractivity contribution is 6.30. The van der Waals surface area contributed by atoms with E-state index in [1.54, 1.807) is 24.3 Å². The largest absolute Gasteiger partial charge is 0.480 e. The van der Waals surface area contributed by atoms with Crippen LogP contribution in [0.15, 0.2) is 48.5 Å². The Balaban J connectivity index is 1.56. The number of halogens is 2. The zero-order chi connectivity index (χ0) is 33.6. The Morgan fingerprint density at radius 1 is 1.04 bits per heavy atom. The summed E-state index contributed by atoms with van der Waals surface area (Å²) < 4.78 is 20.4. The van der Waals surface area contributed by atoms with Gasteiger partial charge in [-0.25, -0.2) is 14.0 Å². The standard InChI is InChI=1S/C35H45ClFN3O6/c1-34(2)20-23(30(41)40-34)18-28(32(43)44)38-31(42)27(16-21-10-6-5-7-11-21)39-33(45)46-29(22-12-8-15-26(37)17-22)35(3,4)24-13-9-14-25(36)19-24/h8-9,12-15,17,19,21,23,27-29H,5-7,10-11,16,18,20H2,1-4H3,(H,38,42)(H,39,45)(H,40,41)(H,43,44)/t23?,27-,28?,29?/m0/s1. The lowest BCUT2D eigenvalue weighted by molar-refractivity contribution is -0.143. The fourth-order valence-electron chi connectivity index (χ4n) is 6.78. The maximum Gasteiger partial charge on any atom is 0.408 e. The van der Waals surface area contributed by atoms with Crippen LogP contribution in [0.25, 0.3) is 0 Å². The lowest BCUT2D eigenvalue weighted by Crippen LogP contribution is -2.53. The number of carbonyl (C=O) groups is 4. The van der Waals surface area contributed by atoms with Crippen molar-refractivity contribution in [1.29, 1.82) is 0 Å². The Morgan fingerprint density at radius 3 is 2.35 bits per heavy atom. The first-order chi connectivity index (χ1) is 21.6. The van der Waals surface area contributed by atoms with Gasteiger partial charge in [0.2, 0.25) is 11.8 Å². The van der Waals surface area contributed by atoms with Crippen LogP contribution in [0.4, 0.5) is 9.18 Å². The van der Waals surface area contributed by atoms with Crippen LogP contribution in [0.1, 0.15) is 96.3 Å². The molecule has 1 saturated carbocycles. The number of hydrogen-bond acceptors (Lipinski definition) is 5. The SMILES string of the molecule is CC1(C)CC(CC(NC(=O)[C@H](CC2CCCCC2)NC(=O)OC(c2cccc(F)c2)C(C)(C)c2cccc(Cl)c2)C(=O)O)C(=O)N1. The molecule has 4 atom stereocenters. The van der Waals surface area contributed by atoms with E-state index < -0.39 is 58.8 Å². The first-order valence-electron chi connectivity index (χ1n) is 16.0. The summed E-state index contributed by atoms with van der Waals surface area (Å²) in [5, 5.41) is 18.6. The van der Waals surface area contributed by atoms with Crippen LogP contribution < -0.4 is 16.0 Å². The van der Waals surface area contributed by atoms with Crippen molar-refractivity contribution in [2.75, 3.05) is 0 Å². The average molecular weight is 658 g/mol. The maximum absolute atomic E-state index is 14.4. The highest BCUT2D eigenvalue weighted by atomic mass is 35.5. The number of benzene rings is 2. The topological polar surface area (TPSA) is 134 Å². The van der Waals surface area contributed by atoms with Gasteiger partial charge in [-0.05, 0) is 74.4 Å². The number of ether oxygens (including phenoxy) is 1. The number of rotatable bonds is 12.